The number of benzene rings is 2. The van der Waals surface area contributed by atoms with Crippen LogP contribution in [0, 0.1) is 0 Å². The molecule has 0 atom stereocenters. The monoisotopic (exact) mass is 364 g/mol. The van der Waals surface area contributed by atoms with E-state index in [0.717, 1.165) is 30.9 Å². The van der Waals surface area contributed by atoms with Crippen molar-refractivity contribution in [2.45, 2.75) is 13.0 Å². The van der Waals surface area contributed by atoms with E-state index in [1.807, 2.05) is 24.3 Å². The second-order valence-electron chi connectivity index (χ2n) is 7.34. The van der Waals surface area contributed by atoms with Crippen LogP contribution in [0.15, 0.2) is 54.7 Å². The molecule has 142 valence electrons. The number of rotatable bonds is 7. The van der Waals surface area contributed by atoms with Crippen molar-refractivity contribution in [2.75, 3.05) is 40.1 Å². The van der Waals surface area contributed by atoms with Crippen molar-refractivity contribution in [3.63, 3.8) is 0 Å². The molecule has 1 heterocycles. The minimum Gasteiger partial charge on any atom is -0.356 e. The minimum absolute atomic E-state index is 0.0126. The van der Waals surface area contributed by atoms with Gasteiger partial charge in [-0.05, 0) is 75.6 Å². The van der Waals surface area contributed by atoms with Gasteiger partial charge < -0.3 is 19.7 Å². The van der Waals surface area contributed by atoms with Crippen LogP contribution in [-0.4, -0.2) is 55.0 Å². The fraction of sp³-hybridized carbons (Fsp3) is 0.318. The first-order valence-corrected chi connectivity index (χ1v) is 9.26. The molecule has 0 unspecified atom stereocenters. The predicted octanol–water partition coefficient (Wildman–Crippen LogP) is 4.04. The van der Waals surface area contributed by atoms with Crippen LogP contribution in [0.4, 0.5) is 11.4 Å². The maximum absolute atomic E-state index is 12.0. The summed E-state index contributed by atoms with van der Waals surface area (Å²) in [6.45, 7) is 2.11. The van der Waals surface area contributed by atoms with Crippen LogP contribution in [0.1, 0.15) is 16.8 Å². The summed E-state index contributed by atoms with van der Waals surface area (Å²) in [4.78, 5) is 15.8. The molecule has 0 aliphatic rings. The van der Waals surface area contributed by atoms with Gasteiger partial charge in [-0.3, -0.25) is 4.79 Å². The van der Waals surface area contributed by atoms with Crippen LogP contribution in [0.5, 0.6) is 0 Å². The van der Waals surface area contributed by atoms with Crippen molar-refractivity contribution in [1.29, 1.82) is 0 Å². The zero-order valence-electron chi connectivity index (χ0n) is 16.6. The molecule has 5 heteroatoms. The molecular weight excluding hydrogens is 336 g/mol. The largest absolute Gasteiger partial charge is 0.356 e. The Hall–Kier alpha value is -2.79. The van der Waals surface area contributed by atoms with E-state index >= 15 is 0 Å². The molecule has 1 N–H and O–H groups in total. The van der Waals surface area contributed by atoms with Gasteiger partial charge in [0.15, 0.2) is 0 Å². The quantitative estimate of drug-likeness (QED) is 0.688. The minimum atomic E-state index is 0.0126. The van der Waals surface area contributed by atoms with Crippen molar-refractivity contribution >= 4 is 28.2 Å². The normalized spacial score (nSPS) is 11.1. The maximum atomic E-state index is 12.0. The Morgan fingerprint density at radius 3 is 2.33 bits per heavy atom. The third kappa shape index (κ3) is 4.68. The van der Waals surface area contributed by atoms with Crippen molar-refractivity contribution in [1.82, 2.24) is 14.4 Å². The Morgan fingerprint density at radius 2 is 1.67 bits per heavy atom. The number of fused-ring (bicyclic) bond motifs is 1. The molecule has 3 aromatic rings. The van der Waals surface area contributed by atoms with Gasteiger partial charge in [-0.1, -0.05) is 0 Å². The molecule has 0 aliphatic carbocycles. The first-order valence-electron chi connectivity index (χ1n) is 9.26. The number of anilines is 2. The first kappa shape index (κ1) is 19.0. The summed E-state index contributed by atoms with van der Waals surface area (Å²) in [5.41, 5.74) is 3.96. The van der Waals surface area contributed by atoms with Crippen molar-refractivity contribution in [3.05, 3.63) is 60.3 Å². The lowest BCUT2D eigenvalue weighted by Gasteiger charge is -2.12. The lowest BCUT2D eigenvalue weighted by atomic mass is 10.1. The summed E-state index contributed by atoms with van der Waals surface area (Å²) in [5.74, 6) is 0.0126. The van der Waals surface area contributed by atoms with Crippen LogP contribution in [0.2, 0.25) is 0 Å². The molecule has 0 bridgehead atoms. The van der Waals surface area contributed by atoms with Gasteiger partial charge in [0.25, 0.3) is 5.91 Å². The van der Waals surface area contributed by atoms with E-state index in [1.54, 1.807) is 19.0 Å². The second kappa shape index (κ2) is 8.27. The molecule has 3 rings (SSSR count). The number of hydrogen-bond donors (Lipinski definition) is 1. The van der Waals surface area contributed by atoms with Gasteiger partial charge in [0, 0.05) is 54.7 Å². The lowest BCUT2D eigenvalue weighted by molar-refractivity contribution is 0.0827. The van der Waals surface area contributed by atoms with Gasteiger partial charge in [-0.2, -0.15) is 0 Å². The van der Waals surface area contributed by atoms with Gasteiger partial charge in [0.05, 0.1) is 0 Å². The summed E-state index contributed by atoms with van der Waals surface area (Å²) >= 11 is 0. The molecule has 1 amide bonds. The summed E-state index contributed by atoms with van der Waals surface area (Å²) in [6.07, 6.45) is 3.29. The number of nitrogens with zero attached hydrogens (tertiary/aromatic N) is 3. The van der Waals surface area contributed by atoms with Crippen LogP contribution in [0.25, 0.3) is 10.9 Å². The van der Waals surface area contributed by atoms with Gasteiger partial charge in [-0.15, -0.1) is 0 Å². The third-order valence-corrected chi connectivity index (χ3v) is 4.60. The van der Waals surface area contributed by atoms with Gasteiger partial charge in [-0.25, -0.2) is 0 Å². The summed E-state index contributed by atoms with van der Waals surface area (Å²) in [6, 6.07) is 16.2. The van der Waals surface area contributed by atoms with Crippen LogP contribution < -0.4 is 5.32 Å². The number of nitrogens with one attached hydrogen (secondary N) is 1. The van der Waals surface area contributed by atoms with Crippen LogP contribution in [-0.2, 0) is 6.54 Å². The Kier molecular flexibility index (Phi) is 5.81. The topological polar surface area (TPSA) is 40.5 Å². The Bertz CT molecular complexity index is 910. The molecule has 0 radical (unpaired) electrons. The Balaban J connectivity index is 1.70. The number of aromatic nitrogens is 1. The number of aryl methyl sites for hydroxylation is 1. The smallest absolute Gasteiger partial charge is 0.253 e. The molecule has 1 aromatic heterocycles. The summed E-state index contributed by atoms with van der Waals surface area (Å²) in [7, 11) is 7.73. The SMILES string of the molecule is CN(C)CCCn1ccc2cc(Nc3ccc(C(=O)N(C)C)cc3)ccc21. The fourth-order valence-corrected chi connectivity index (χ4v) is 3.15. The zero-order valence-corrected chi connectivity index (χ0v) is 16.6. The average molecular weight is 364 g/mol. The summed E-state index contributed by atoms with van der Waals surface area (Å²) in [5, 5.41) is 4.64. The van der Waals surface area contributed by atoms with Crippen molar-refractivity contribution in [2.24, 2.45) is 0 Å². The Labute approximate surface area is 161 Å². The van der Waals surface area contributed by atoms with Crippen LogP contribution in [0.3, 0.4) is 0 Å². The second-order valence-corrected chi connectivity index (χ2v) is 7.34. The molecule has 0 fully saturated rings. The van der Waals surface area contributed by atoms with Gasteiger partial charge >= 0.3 is 0 Å². The highest BCUT2D eigenvalue weighted by Gasteiger charge is 2.08. The van der Waals surface area contributed by atoms with E-state index in [1.165, 1.54) is 10.9 Å². The fourth-order valence-electron chi connectivity index (χ4n) is 3.15. The lowest BCUT2D eigenvalue weighted by Crippen LogP contribution is -2.21. The number of carbonyl (C=O) groups excluding carboxylic acids is 1. The average Bonchev–Trinajstić information content (AvgIpc) is 3.04. The highest BCUT2D eigenvalue weighted by molar-refractivity contribution is 5.94. The molecule has 0 aliphatic heterocycles. The van der Waals surface area contributed by atoms with Crippen molar-refractivity contribution < 1.29 is 4.79 Å². The molecule has 0 spiro atoms. The molecule has 27 heavy (non-hydrogen) atoms. The summed E-state index contributed by atoms with van der Waals surface area (Å²) < 4.78 is 2.31. The van der Waals surface area contributed by atoms with E-state index in [2.05, 4.69) is 59.3 Å². The maximum Gasteiger partial charge on any atom is 0.253 e. The van der Waals surface area contributed by atoms with E-state index in [9.17, 15) is 4.79 Å². The molecule has 0 saturated heterocycles. The van der Waals surface area contributed by atoms with Gasteiger partial charge in [0.2, 0.25) is 0 Å². The Morgan fingerprint density at radius 1 is 0.963 bits per heavy atom. The van der Waals surface area contributed by atoms with E-state index < -0.39 is 0 Å². The molecular formula is C22H28N4O. The van der Waals surface area contributed by atoms with E-state index in [-0.39, 0.29) is 5.91 Å². The molecule has 5 nitrogen and oxygen atoms in total. The van der Waals surface area contributed by atoms with Gasteiger partial charge in [0.1, 0.15) is 0 Å². The number of amides is 1. The predicted molar refractivity (Wildman–Crippen MR) is 113 cm³/mol. The highest BCUT2D eigenvalue weighted by Crippen LogP contribution is 2.24. The first-order chi connectivity index (χ1) is 12.9. The molecule has 0 saturated carbocycles. The van der Waals surface area contributed by atoms with Crippen molar-refractivity contribution in [3.8, 4) is 0 Å². The third-order valence-electron chi connectivity index (χ3n) is 4.60. The zero-order chi connectivity index (χ0) is 19.4. The standard InChI is InChI=1S/C22H28N4O/c1-24(2)13-5-14-26-15-12-18-16-20(10-11-21(18)26)23-19-8-6-17(7-9-19)22(27)25(3)4/h6-12,15-16,23H,5,13-14H2,1-4H3. The van der Waals surface area contributed by atoms with E-state index in [4.69, 9.17) is 0 Å². The van der Waals surface area contributed by atoms with Crippen LogP contribution >= 0.6 is 0 Å². The molecule has 2 aromatic carbocycles. The highest BCUT2D eigenvalue weighted by atomic mass is 16.2. The number of carbonyl (C=O) groups is 1. The van der Waals surface area contributed by atoms with E-state index in [0.29, 0.717) is 5.56 Å². The number of hydrogen-bond acceptors (Lipinski definition) is 3.